The van der Waals surface area contributed by atoms with Crippen molar-refractivity contribution >= 4 is 17.3 Å². The zero-order valence-corrected chi connectivity index (χ0v) is 9.85. The average Bonchev–Trinajstić information content (AvgIpc) is 2.38. The summed E-state index contributed by atoms with van der Waals surface area (Å²) in [5.41, 5.74) is 2.03. The fourth-order valence-electron chi connectivity index (χ4n) is 2.20. The Morgan fingerprint density at radius 2 is 1.94 bits per heavy atom. The van der Waals surface area contributed by atoms with Gasteiger partial charge in [0.25, 0.3) is 0 Å². The summed E-state index contributed by atoms with van der Waals surface area (Å²) in [5, 5.41) is 11.7. The molecule has 1 aliphatic heterocycles. The normalized spacial score (nSPS) is 15.6. The summed E-state index contributed by atoms with van der Waals surface area (Å²) in [6.45, 7) is 2.09. The lowest BCUT2D eigenvalue weighted by atomic mass is 10.1. The van der Waals surface area contributed by atoms with E-state index in [1.54, 1.807) is 0 Å². The lowest BCUT2D eigenvalue weighted by Crippen LogP contribution is -2.30. The van der Waals surface area contributed by atoms with E-state index in [-0.39, 0.29) is 6.54 Å². The molecule has 0 radical (unpaired) electrons. The zero-order valence-electron chi connectivity index (χ0n) is 9.85. The van der Waals surface area contributed by atoms with E-state index in [4.69, 9.17) is 5.11 Å². The predicted molar refractivity (Wildman–Crippen MR) is 68.6 cm³/mol. The van der Waals surface area contributed by atoms with Crippen LogP contribution in [0.3, 0.4) is 0 Å². The van der Waals surface area contributed by atoms with E-state index in [0.29, 0.717) is 0 Å². The number of benzene rings is 1. The summed E-state index contributed by atoms with van der Waals surface area (Å²) >= 11 is 0. The van der Waals surface area contributed by atoms with Crippen molar-refractivity contribution in [3.05, 3.63) is 24.3 Å². The molecule has 0 bridgehead atoms. The molecule has 4 nitrogen and oxygen atoms in total. The van der Waals surface area contributed by atoms with Crippen LogP contribution in [-0.4, -0.2) is 30.7 Å². The Morgan fingerprint density at radius 1 is 1.24 bits per heavy atom. The van der Waals surface area contributed by atoms with E-state index in [9.17, 15) is 4.79 Å². The van der Waals surface area contributed by atoms with E-state index in [0.717, 1.165) is 24.5 Å². The van der Waals surface area contributed by atoms with Gasteiger partial charge in [0.05, 0.1) is 11.4 Å². The molecule has 92 valence electrons. The van der Waals surface area contributed by atoms with Crippen LogP contribution in [0.2, 0.25) is 0 Å². The Bertz CT molecular complexity index is 387. The molecule has 4 heteroatoms. The molecular weight excluding hydrogens is 216 g/mol. The van der Waals surface area contributed by atoms with Gasteiger partial charge in [0.1, 0.15) is 6.54 Å². The van der Waals surface area contributed by atoms with Crippen LogP contribution < -0.4 is 10.2 Å². The maximum absolute atomic E-state index is 10.6. The molecule has 2 N–H and O–H groups in total. The molecule has 2 rings (SSSR count). The number of para-hydroxylation sites is 2. The molecule has 0 saturated carbocycles. The van der Waals surface area contributed by atoms with Crippen molar-refractivity contribution in [3.8, 4) is 0 Å². The molecule has 1 fully saturated rings. The molecule has 1 heterocycles. The third-order valence-electron chi connectivity index (χ3n) is 3.03. The van der Waals surface area contributed by atoms with Gasteiger partial charge in [-0.15, -0.1) is 0 Å². The second-order valence-corrected chi connectivity index (χ2v) is 4.31. The van der Waals surface area contributed by atoms with Crippen LogP contribution in [0, 0.1) is 0 Å². The van der Waals surface area contributed by atoms with Gasteiger partial charge in [0, 0.05) is 13.1 Å². The van der Waals surface area contributed by atoms with E-state index in [2.05, 4.69) is 16.3 Å². The van der Waals surface area contributed by atoms with Crippen LogP contribution in [0.4, 0.5) is 11.4 Å². The molecule has 0 aliphatic carbocycles. The SMILES string of the molecule is O=C(O)CNc1ccccc1N1CCCCC1. The number of carboxylic acids is 1. The Balaban J connectivity index is 2.11. The predicted octanol–water partition coefficient (Wildman–Crippen LogP) is 2.17. The van der Waals surface area contributed by atoms with Gasteiger partial charge in [-0.1, -0.05) is 12.1 Å². The zero-order chi connectivity index (χ0) is 12.1. The summed E-state index contributed by atoms with van der Waals surface area (Å²) in [6.07, 6.45) is 3.72. The standard InChI is InChI=1S/C13H18N2O2/c16-13(17)10-14-11-6-2-3-7-12(11)15-8-4-1-5-9-15/h2-3,6-7,14H,1,4-5,8-10H2,(H,16,17). The molecule has 1 saturated heterocycles. The number of carbonyl (C=O) groups is 1. The molecule has 0 aromatic heterocycles. The minimum Gasteiger partial charge on any atom is -0.480 e. The summed E-state index contributed by atoms with van der Waals surface area (Å²) < 4.78 is 0. The minimum atomic E-state index is -0.835. The number of nitrogens with one attached hydrogen (secondary N) is 1. The second-order valence-electron chi connectivity index (χ2n) is 4.31. The number of piperidine rings is 1. The Kier molecular flexibility index (Phi) is 3.85. The quantitative estimate of drug-likeness (QED) is 0.838. The summed E-state index contributed by atoms with van der Waals surface area (Å²) in [5.74, 6) is -0.835. The molecule has 0 amide bonds. The number of rotatable bonds is 4. The molecule has 0 atom stereocenters. The number of carboxylic acid groups (broad SMARTS) is 1. The first kappa shape index (κ1) is 11.8. The topological polar surface area (TPSA) is 52.6 Å². The highest BCUT2D eigenvalue weighted by Crippen LogP contribution is 2.27. The van der Waals surface area contributed by atoms with Gasteiger partial charge in [-0.05, 0) is 31.4 Å². The van der Waals surface area contributed by atoms with Crippen molar-refractivity contribution in [2.45, 2.75) is 19.3 Å². The van der Waals surface area contributed by atoms with E-state index in [1.807, 2.05) is 18.2 Å². The highest BCUT2D eigenvalue weighted by molar-refractivity contribution is 5.77. The van der Waals surface area contributed by atoms with Crippen LogP contribution in [0.1, 0.15) is 19.3 Å². The van der Waals surface area contributed by atoms with Crippen molar-refractivity contribution in [2.75, 3.05) is 29.9 Å². The van der Waals surface area contributed by atoms with Gasteiger partial charge >= 0.3 is 5.97 Å². The maximum atomic E-state index is 10.6. The number of hydrogen-bond acceptors (Lipinski definition) is 3. The van der Waals surface area contributed by atoms with Crippen LogP contribution in [0.25, 0.3) is 0 Å². The molecule has 1 aromatic carbocycles. The van der Waals surface area contributed by atoms with E-state index >= 15 is 0 Å². The maximum Gasteiger partial charge on any atom is 0.322 e. The van der Waals surface area contributed by atoms with E-state index < -0.39 is 5.97 Å². The van der Waals surface area contributed by atoms with Crippen molar-refractivity contribution in [1.82, 2.24) is 0 Å². The van der Waals surface area contributed by atoms with Gasteiger partial charge in [-0.3, -0.25) is 4.79 Å². The van der Waals surface area contributed by atoms with Crippen molar-refractivity contribution in [3.63, 3.8) is 0 Å². The number of aliphatic carboxylic acids is 1. The third kappa shape index (κ3) is 3.12. The Hall–Kier alpha value is -1.71. The van der Waals surface area contributed by atoms with Crippen LogP contribution in [-0.2, 0) is 4.79 Å². The van der Waals surface area contributed by atoms with Gasteiger partial charge < -0.3 is 15.3 Å². The molecule has 1 aliphatic rings. The van der Waals surface area contributed by atoms with Gasteiger partial charge in [0.15, 0.2) is 0 Å². The van der Waals surface area contributed by atoms with Crippen LogP contribution in [0.5, 0.6) is 0 Å². The number of hydrogen-bond donors (Lipinski definition) is 2. The molecule has 1 aromatic rings. The monoisotopic (exact) mass is 234 g/mol. The molecular formula is C13H18N2O2. The van der Waals surface area contributed by atoms with Crippen molar-refractivity contribution in [1.29, 1.82) is 0 Å². The first-order valence-corrected chi connectivity index (χ1v) is 6.07. The van der Waals surface area contributed by atoms with Crippen LogP contribution >= 0.6 is 0 Å². The highest BCUT2D eigenvalue weighted by atomic mass is 16.4. The Labute approximate surface area is 101 Å². The van der Waals surface area contributed by atoms with Crippen molar-refractivity contribution < 1.29 is 9.90 Å². The van der Waals surface area contributed by atoms with Gasteiger partial charge in [-0.25, -0.2) is 0 Å². The lowest BCUT2D eigenvalue weighted by Gasteiger charge is -2.30. The fraction of sp³-hybridized carbons (Fsp3) is 0.462. The molecule has 0 spiro atoms. The van der Waals surface area contributed by atoms with Gasteiger partial charge in [-0.2, -0.15) is 0 Å². The first-order valence-electron chi connectivity index (χ1n) is 6.07. The second kappa shape index (κ2) is 5.57. The third-order valence-corrected chi connectivity index (χ3v) is 3.03. The molecule has 17 heavy (non-hydrogen) atoms. The minimum absolute atomic E-state index is 0.0369. The van der Waals surface area contributed by atoms with Crippen molar-refractivity contribution in [2.24, 2.45) is 0 Å². The highest BCUT2D eigenvalue weighted by Gasteiger charge is 2.14. The van der Waals surface area contributed by atoms with Gasteiger partial charge in [0.2, 0.25) is 0 Å². The average molecular weight is 234 g/mol. The smallest absolute Gasteiger partial charge is 0.322 e. The van der Waals surface area contributed by atoms with E-state index in [1.165, 1.54) is 19.3 Å². The first-order chi connectivity index (χ1) is 8.27. The largest absolute Gasteiger partial charge is 0.480 e. The summed E-state index contributed by atoms with van der Waals surface area (Å²) in [6, 6.07) is 7.91. The molecule has 0 unspecified atom stereocenters. The Morgan fingerprint density at radius 3 is 2.65 bits per heavy atom. The lowest BCUT2D eigenvalue weighted by molar-refractivity contribution is -0.134. The summed E-state index contributed by atoms with van der Waals surface area (Å²) in [4.78, 5) is 12.9. The number of nitrogens with zero attached hydrogens (tertiary/aromatic N) is 1. The summed E-state index contributed by atoms with van der Waals surface area (Å²) in [7, 11) is 0. The van der Waals surface area contributed by atoms with Crippen LogP contribution in [0.15, 0.2) is 24.3 Å². The number of anilines is 2. The fourth-order valence-corrected chi connectivity index (χ4v) is 2.20.